The molecular formula is C14H11F2N3. The van der Waals surface area contributed by atoms with Crippen molar-refractivity contribution >= 4 is 5.69 Å². The van der Waals surface area contributed by atoms with E-state index in [1.807, 2.05) is 6.07 Å². The number of hydrogen-bond acceptors (Lipinski definition) is 3. The minimum Gasteiger partial charge on any atom is -0.382 e. The van der Waals surface area contributed by atoms with Gasteiger partial charge in [0.1, 0.15) is 17.7 Å². The van der Waals surface area contributed by atoms with Crippen LogP contribution < -0.4 is 5.32 Å². The van der Waals surface area contributed by atoms with Gasteiger partial charge in [0.25, 0.3) is 0 Å². The van der Waals surface area contributed by atoms with Gasteiger partial charge in [-0.1, -0.05) is 0 Å². The maximum Gasteiger partial charge on any atom is 0.163 e. The Morgan fingerprint density at radius 2 is 1.95 bits per heavy atom. The molecule has 0 saturated heterocycles. The molecule has 0 aliphatic heterocycles. The van der Waals surface area contributed by atoms with Crippen LogP contribution in [0.3, 0.4) is 0 Å². The predicted molar refractivity (Wildman–Crippen MR) is 67.5 cm³/mol. The van der Waals surface area contributed by atoms with Gasteiger partial charge in [0, 0.05) is 18.8 Å². The minimum absolute atomic E-state index is 0.299. The van der Waals surface area contributed by atoms with E-state index in [9.17, 15) is 8.78 Å². The quantitative estimate of drug-likeness (QED) is 0.918. The molecule has 0 aliphatic carbocycles. The van der Waals surface area contributed by atoms with E-state index >= 15 is 0 Å². The predicted octanol–water partition coefficient (Wildman–Crippen LogP) is 2.89. The Kier molecular flexibility index (Phi) is 4.04. The summed E-state index contributed by atoms with van der Waals surface area (Å²) in [5.41, 5.74) is 1.47. The number of nitriles is 1. The van der Waals surface area contributed by atoms with Crippen LogP contribution in [0.15, 0.2) is 36.5 Å². The summed E-state index contributed by atoms with van der Waals surface area (Å²) < 4.78 is 26.0. The normalized spacial score (nSPS) is 9.95. The lowest BCUT2D eigenvalue weighted by molar-refractivity contribution is 0.580. The van der Waals surface area contributed by atoms with Crippen molar-refractivity contribution in [3.63, 3.8) is 0 Å². The van der Waals surface area contributed by atoms with Gasteiger partial charge in [-0.15, -0.1) is 0 Å². The van der Waals surface area contributed by atoms with E-state index < -0.39 is 11.6 Å². The number of aromatic nitrogens is 1. The topological polar surface area (TPSA) is 48.7 Å². The lowest BCUT2D eigenvalue weighted by Gasteiger charge is -2.07. The molecule has 0 saturated carbocycles. The molecule has 2 rings (SSSR count). The van der Waals surface area contributed by atoms with Gasteiger partial charge in [-0.2, -0.15) is 5.26 Å². The zero-order valence-corrected chi connectivity index (χ0v) is 10.0. The van der Waals surface area contributed by atoms with Gasteiger partial charge < -0.3 is 5.32 Å². The fourth-order valence-electron chi connectivity index (χ4n) is 1.73. The van der Waals surface area contributed by atoms with E-state index in [2.05, 4.69) is 10.3 Å². The summed E-state index contributed by atoms with van der Waals surface area (Å²) in [6, 6.07) is 8.84. The second-order valence-electron chi connectivity index (χ2n) is 3.97. The van der Waals surface area contributed by atoms with Crippen LogP contribution in [-0.4, -0.2) is 11.5 Å². The Morgan fingerprint density at radius 3 is 2.63 bits per heavy atom. The molecule has 19 heavy (non-hydrogen) atoms. The second kappa shape index (κ2) is 5.91. The standard InChI is InChI=1S/C14H11F2N3/c15-11-6-10(7-12(16)8-11)3-5-19-13-2-1-4-18-14(13)9-17/h1-2,4,6-8,19H,3,5H2. The Morgan fingerprint density at radius 1 is 1.21 bits per heavy atom. The fourth-order valence-corrected chi connectivity index (χ4v) is 1.73. The molecule has 1 aromatic carbocycles. The Balaban J connectivity index is 1.98. The van der Waals surface area contributed by atoms with Gasteiger partial charge in [0.15, 0.2) is 5.69 Å². The van der Waals surface area contributed by atoms with Gasteiger partial charge in [-0.05, 0) is 36.2 Å². The van der Waals surface area contributed by atoms with Crippen molar-refractivity contribution in [2.45, 2.75) is 6.42 Å². The molecule has 0 radical (unpaired) electrons. The minimum atomic E-state index is -0.589. The monoisotopic (exact) mass is 259 g/mol. The molecule has 2 aromatic rings. The summed E-state index contributed by atoms with van der Waals surface area (Å²) in [5.74, 6) is -1.18. The van der Waals surface area contributed by atoms with E-state index in [1.165, 1.54) is 18.3 Å². The third kappa shape index (κ3) is 3.49. The molecule has 1 aromatic heterocycles. The zero-order valence-electron chi connectivity index (χ0n) is 10.0. The maximum atomic E-state index is 13.0. The number of anilines is 1. The lowest BCUT2D eigenvalue weighted by Crippen LogP contribution is -2.07. The number of hydrogen-bond donors (Lipinski definition) is 1. The molecule has 1 heterocycles. The molecular weight excluding hydrogens is 248 g/mol. The van der Waals surface area contributed by atoms with E-state index in [-0.39, 0.29) is 0 Å². The Labute approximate surface area is 109 Å². The van der Waals surface area contributed by atoms with Crippen molar-refractivity contribution in [3.8, 4) is 6.07 Å². The van der Waals surface area contributed by atoms with Gasteiger partial charge in [-0.3, -0.25) is 0 Å². The summed E-state index contributed by atoms with van der Waals surface area (Å²) in [4.78, 5) is 3.91. The van der Waals surface area contributed by atoms with Crippen LogP contribution in [0.5, 0.6) is 0 Å². The van der Waals surface area contributed by atoms with Crippen LogP contribution in [-0.2, 0) is 6.42 Å². The molecule has 0 aliphatic rings. The lowest BCUT2D eigenvalue weighted by atomic mass is 10.1. The summed E-state index contributed by atoms with van der Waals surface area (Å²) >= 11 is 0. The molecule has 0 unspecified atom stereocenters. The highest BCUT2D eigenvalue weighted by atomic mass is 19.1. The highest BCUT2D eigenvalue weighted by Crippen LogP contribution is 2.12. The van der Waals surface area contributed by atoms with Crippen LogP contribution in [0.4, 0.5) is 14.5 Å². The Bertz CT molecular complexity index is 600. The largest absolute Gasteiger partial charge is 0.382 e. The first kappa shape index (κ1) is 13.0. The van der Waals surface area contributed by atoms with Gasteiger partial charge in [-0.25, -0.2) is 13.8 Å². The van der Waals surface area contributed by atoms with Crippen molar-refractivity contribution < 1.29 is 8.78 Å². The molecule has 3 nitrogen and oxygen atoms in total. The third-order valence-electron chi connectivity index (χ3n) is 2.57. The summed E-state index contributed by atoms with van der Waals surface area (Å²) in [5, 5.41) is 11.9. The maximum absolute atomic E-state index is 13.0. The first-order chi connectivity index (χ1) is 9.19. The highest BCUT2D eigenvalue weighted by Gasteiger charge is 2.03. The molecule has 0 fully saturated rings. The number of pyridine rings is 1. The van der Waals surface area contributed by atoms with Crippen LogP contribution >= 0.6 is 0 Å². The number of nitrogens with one attached hydrogen (secondary N) is 1. The average molecular weight is 259 g/mol. The molecule has 0 amide bonds. The van der Waals surface area contributed by atoms with E-state index in [1.54, 1.807) is 12.1 Å². The van der Waals surface area contributed by atoms with Crippen LogP contribution in [0, 0.1) is 23.0 Å². The first-order valence-electron chi connectivity index (χ1n) is 5.73. The highest BCUT2D eigenvalue weighted by molar-refractivity contribution is 5.53. The molecule has 5 heteroatoms. The van der Waals surface area contributed by atoms with Gasteiger partial charge in [0.05, 0.1) is 5.69 Å². The van der Waals surface area contributed by atoms with Crippen molar-refractivity contribution in [1.82, 2.24) is 4.98 Å². The fraction of sp³-hybridized carbons (Fsp3) is 0.143. The number of benzene rings is 1. The van der Waals surface area contributed by atoms with Crippen LogP contribution in [0.2, 0.25) is 0 Å². The van der Waals surface area contributed by atoms with Gasteiger partial charge in [0.2, 0.25) is 0 Å². The van der Waals surface area contributed by atoms with Crippen molar-refractivity contribution in [2.24, 2.45) is 0 Å². The van der Waals surface area contributed by atoms with Crippen molar-refractivity contribution in [1.29, 1.82) is 5.26 Å². The van der Waals surface area contributed by atoms with Crippen LogP contribution in [0.1, 0.15) is 11.3 Å². The molecule has 0 bridgehead atoms. The van der Waals surface area contributed by atoms with Gasteiger partial charge >= 0.3 is 0 Å². The van der Waals surface area contributed by atoms with E-state index in [0.29, 0.717) is 29.9 Å². The van der Waals surface area contributed by atoms with Crippen molar-refractivity contribution in [2.75, 3.05) is 11.9 Å². The number of nitrogens with zero attached hydrogens (tertiary/aromatic N) is 2. The molecule has 96 valence electrons. The van der Waals surface area contributed by atoms with E-state index in [4.69, 9.17) is 5.26 Å². The summed E-state index contributed by atoms with van der Waals surface area (Å²) in [7, 11) is 0. The molecule has 1 N–H and O–H groups in total. The molecule has 0 atom stereocenters. The first-order valence-corrected chi connectivity index (χ1v) is 5.73. The third-order valence-corrected chi connectivity index (χ3v) is 2.57. The Hall–Kier alpha value is -2.48. The zero-order chi connectivity index (χ0) is 13.7. The van der Waals surface area contributed by atoms with Crippen LogP contribution in [0.25, 0.3) is 0 Å². The summed E-state index contributed by atoms with van der Waals surface area (Å²) in [6.07, 6.45) is 1.99. The number of rotatable bonds is 4. The smallest absolute Gasteiger partial charge is 0.163 e. The number of halogens is 2. The average Bonchev–Trinajstić information content (AvgIpc) is 2.38. The van der Waals surface area contributed by atoms with E-state index in [0.717, 1.165) is 6.07 Å². The second-order valence-corrected chi connectivity index (χ2v) is 3.97. The molecule has 0 spiro atoms. The van der Waals surface area contributed by atoms with Crippen molar-refractivity contribution in [3.05, 3.63) is 59.4 Å². The summed E-state index contributed by atoms with van der Waals surface area (Å²) in [6.45, 7) is 0.462. The SMILES string of the molecule is N#Cc1ncccc1NCCc1cc(F)cc(F)c1.